The lowest BCUT2D eigenvalue weighted by Crippen LogP contribution is -2.44. The van der Waals surface area contributed by atoms with Crippen LogP contribution in [0.25, 0.3) is 0 Å². The molecule has 2 N–H and O–H groups in total. The number of rotatable bonds is 7. The highest BCUT2D eigenvalue weighted by molar-refractivity contribution is 7.89. The topological polar surface area (TPSA) is 93.1 Å². The molecule has 1 aliphatic carbocycles. The third-order valence-corrected chi connectivity index (χ3v) is 6.74. The lowest BCUT2D eigenvalue weighted by molar-refractivity contribution is -0.123. The molecule has 152 valence electrons. The summed E-state index contributed by atoms with van der Waals surface area (Å²) in [6.07, 6.45) is 5.49. The molecule has 0 saturated heterocycles. The maximum Gasteiger partial charge on any atom is 0.259 e. The van der Waals surface area contributed by atoms with E-state index in [1.54, 1.807) is 18.5 Å². The molecule has 8 heteroatoms. The smallest absolute Gasteiger partial charge is 0.259 e. The number of nitrogens with one attached hydrogen (secondary N) is 2. The number of carbonyl (C=O) groups excluding carboxylic acids is 1. The fourth-order valence-electron chi connectivity index (χ4n) is 3.77. The standard InChI is InChI=1S/C20H28N4O3S/c1-15-7-6-8-17(13-15)20(10-4-5-11-20)23-18(25)9-12-21-28(26,27)19-14-24(3)16(2)22-19/h6-8,13-14,21H,4-5,9-12H2,1-3H3,(H,23,25). The van der Waals surface area contributed by atoms with Crippen LogP contribution < -0.4 is 10.0 Å². The van der Waals surface area contributed by atoms with Crippen molar-refractivity contribution < 1.29 is 13.2 Å². The molecule has 3 rings (SSSR count). The molecule has 0 unspecified atom stereocenters. The van der Waals surface area contributed by atoms with E-state index in [0.717, 1.165) is 36.8 Å². The van der Waals surface area contributed by atoms with Crippen LogP contribution in [0.1, 0.15) is 49.1 Å². The van der Waals surface area contributed by atoms with Crippen LogP contribution in [0.15, 0.2) is 35.5 Å². The monoisotopic (exact) mass is 404 g/mol. The van der Waals surface area contributed by atoms with Gasteiger partial charge in [-0.25, -0.2) is 18.1 Å². The zero-order valence-electron chi connectivity index (χ0n) is 16.7. The van der Waals surface area contributed by atoms with Gasteiger partial charge in [-0.1, -0.05) is 42.7 Å². The first kappa shape index (κ1) is 20.5. The van der Waals surface area contributed by atoms with Crippen LogP contribution in [-0.4, -0.2) is 30.4 Å². The number of hydrogen-bond acceptors (Lipinski definition) is 4. The molecule has 0 radical (unpaired) electrons. The van der Waals surface area contributed by atoms with Gasteiger partial charge in [0.15, 0.2) is 5.03 Å². The molecule has 7 nitrogen and oxygen atoms in total. The zero-order valence-corrected chi connectivity index (χ0v) is 17.5. The predicted molar refractivity (Wildman–Crippen MR) is 107 cm³/mol. The van der Waals surface area contributed by atoms with Crippen molar-refractivity contribution in [3.8, 4) is 0 Å². The van der Waals surface area contributed by atoms with Gasteiger partial charge in [-0.3, -0.25) is 4.79 Å². The van der Waals surface area contributed by atoms with Crippen LogP contribution in [0.4, 0.5) is 0 Å². The van der Waals surface area contributed by atoms with E-state index in [0.29, 0.717) is 5.82 Å². The maximum atomic E-state index is 12.6. The fourth-order valence-corrected chi connectivity index (χ4v) is 4.83. The first-order chi connectivity index (χ1) is 13.2. The third-order valence-electron chi connectivity index (χ3n) is 5.41. The Balaban J connectivity index is 1.61. The van der Waals surface area contributed by atoms with Crippen LogP contribution >= 0.6 is 0 Å². The molecule has 0 aliphatic heterocycles. The van der Waals surface area contributed by atoms with E-state index in [4.69, 9.17) is 0 Å². The summed E-state index contributed by atoms with van der Waals surface area (Å²) in [4.78, 5) is 16.6. The van der Waals surface area contributed by atoms with Crippen LogP contribution in [0, 0.1) is 13.8 Å². The van der Waals surface area contributed by atoms with E-state index >= 15 is 0 Å². The molecule has 1 aromatic heterocycles. The molecule has 1 amide bonds. The van der Waals surface area contributed by atoms with Crippen molar-refractivity contribution >= 4 is 15.9 Å². The Hall–Kier alpha value is -2.19. The molecular weight excluding hydrogens is 376 g/mol. The molecule has 0 bridgehead atoms. The van der Waals surface area contributed by atoms with Gasteiger partial charge < -0.3 is 9.88 Å². The maximum absolute atomic E-state index is 12.6. The third kappa shape index (κ3) is 4.44. The number of amides is 1. The van der Waals surface area contributed by atoms with Gasteiger partial charge in [-0.2, -0.15) is 0 Å². The number of benzene rings is 1. The Kier molecular flexibility index (Phi) is 5.90. The van der Waals surface area contributed by atoms with Gasteiger partial charge in [0.2, 0.25) is 5.91 Å². The lowest BCUT2D eigenvalue weighted by Gasteiger charge is -2.31. The second kappa shape index (κ2) is 8.05. The Morgan fingerprint density at radius 2 is 1.96 bits per heavy atom. The highest BCUT2D eigenvalue weighted by Gasteiger charge is 2.36. The van der Waals surface area contributed by atoms with Gasteiger partial charge in [-0.05, 0) is 32.3 Å². The van der Waals surface area contributed by atoms with Gasteiger partial charge in [0.25, 0.3) is 10.0 Å². The lowest BCUT2D eigenvalue weighted by atomic mass is 9.87. The van der Waals surface area contributed by atoms with Crippen LogP contribution in [0.3, 0.4) is 0 Å². The van der Waals surface area contributed by atoms with Gasteiger partial charge >= 0.3 is 0 Å². The molecule has 0 spiro atoms. The minimum Gasteiger partial charge on any atom is -0.347 e. The summed E-state index contributed by atoms with van der Waals surface area (Å²) < 4.78 is 28.8. The Labute approximate surface area is 166 Å². The van der Waals surface area contributed by atoms with Crippen LogP contribution in [0.2, 0.25) is 0 Å². The van der Waals surface area contributed by atoms with Crippen molar-refractivity contribution in [1.29, 1.82) is 0 Å². The van der Waals surface area contributed by atoms with Crippen molar-refractivity contribution in [2.75, 3.05) is 6.54 Å². The summed E-state index contributed by atoms with van der Waals surface area (Å²) >= 11 is 0. The first-order valence-corrected chi connectivity index (χ1v) is 11.1. The van der Waals surface area contributed by atoms with E-state index in [9.17, 15) is 13.2 Å². The number of imidazole rings is 1. The molecule has 1 aromatic carbocycles. The number of carbonyl (C=O) groups is 1. The molecule has 2 aromatic rings. The molecule has 1 saturated carbocycles. The first-order valence-electron chi connectivity index (χ1n) is 9.60. The fraction of sp³-hybridized carbons (Fsp3) is 0.500. The number of hydrogen-bond donors (Lipinski definition) is 2. The molecule has 1 fully saturated rings. The normalized spacial score (nSPS) is 16.2. The average Bonchev–Trinajstić information content (AvgIpc) is 3.23. The van der Waals surface area contributed by atoms with E-state index in [1.807, 2.05) is 19.1 Å². The van der Waals surface area contributed by atoms with E-state index in [1.165, 1.54) is 6.20 Å². The predicted octanol–water partition coefficient (Wildman–Crippen LogP) is 2.29. The van der Waals surface area contributed by atoms with Crippen LogP contribution in [-0.2, 0) is 27.4 Å². The van der Waals surface area contributed by atoms with Crippen molar-refractivity contribution in [3.63, 3.8) is 0 Å². The van der Waals surface area contributed by atoms with Crippen molar-refractivity contribution in [2.24, 2.45) is 7.05 Å². The summed E-state index contributed by atoms with van der Waals surface area (Å²) in [5, 5.41) is 3.15. The van der Waals surface area contributed by atoms with Gasteiger partial charge in [0.05, 0.1) is 5.54 Å². The molecule has 1 heterocycles. The van der Waals surface area contributed by atoms with Gasteiger partial charge in [0.1, 0.15) is 5.82 Å². The molecule has 0 atom stereocenters. The summed E-state index contributed by atoms with van der Waals surface area (Å²) in [6, 6.07) is 8.24. The largest absolute Gasteiger partial charge is 0.347 e. The van der Waals surface area contributed by atoms with E-state index in [2.05, 4.69) is 27.2 Å². The quantitative estimate of drug-likeness (QED) is 0.740. The number of nitrogens with zero attached hydrogens (tertiary/aromatic N) is 2. The second-order valence-electron chi connectivity index (χ2n) is 7.59. The molecule has 1 aliphatic rings. The minimum absolute atomic E-state index is 0.0278. The summed E-state index contributed by atoms with van der Waals surface area (Å²) in [7, 11) is -1.98. The van der Waals surface area contributed by atoms with Crippen LogP contribution in [0.5, 0.6) is 0 Å². The second-order valence-corrected chi connectivity index (χ2v) is 9.31. The average molecular weight is 405 g/mol. The SMILES string of the molecule is Cc1cccc(C2(NC(=O)CCNS(=O)(=O)c3cn(C)c(C)n3)CCCC2)c1. The van der Waals surface area contributed by atoms with E-state index < -0.39 is 10.0 Å². The Morgan fingerprint density at radius 3 is 2.57 bits per heavy atom. The van der Waals surface area contributed by atoms with Crippen molar-refractivity contribution in [3.05, 3.63) is 47.4 Å². The summed E-state index contributed by atoms with van der Waals surface area (Å²) in [5.74, 6) is 0.461. The van der Waals surface area contributed by atoms with E-state index in [-0.39, 0.29) is 29.4 Å². The van der Waals surface area contributed by atoms with Gasteiger partial charge in [0, 0.05) is 26.2 Å². The molecular formula is C20H28N4O3S. The van der Waals surface area contributed by atoms with Crippen molar-refractivity contribution in [1.82, 2.24) is 19.6 Å². The minimum atomic E-state index is -3.72. The number of aryl methyl sites for hydroxylation is 3. The summed E-state index contributed by atoms with van der Waals surface area (Å²) in [6.45, 7) is 3.81. The summed E-state index contributed by atoms with van der Waals surface area (Å²) in [5.41, 5.74) is 1.94. The number of aromatic nitrogens is 2. The van der Waals surface area contributed by atoms with Gasteiger partial charge in [-0.15, -0.1) is 0 Å². The highest BCUT2D eigenvalue weighted by atomic mass is 32.2. The molecule has 28 heavy (non-hydrogen) atoms. The Bertz CT molecular complexity index is 940. The highest BCUT2D eigenvalue weighted by Crippen LogP contribution is 2.39. The van der Waals surface area contributed by atoms with Crippen molar-refractivity contribution in [2.45, 2.75) is 56.5 Å². The zero-order chi connectivity index (χ0) is 20.4. The Morgan fingerprint density at radius 1 is 1.25 bits per heavy atom. The number of sulfonamides is 1.